The van der Waals surface area contributed by atoms with Gasteiger partial charge >= 0.3 is 11.9 Å². The van der Waals surface area contributed by atoms with E-state index in [0.717, 1.165) is 0 Å². The fraction of sp³-hybridized carbons (Fsp3) is 0.143. The van der Waals surface area contributed by atoms with Gasteiger partial charge in [0.1, 0.15) is 17.1 Å². The number of cyclic esters (lactones) is 2. The summed E-state index contributed by atoms with van der Waals surface area (Å²) in [5, 5.41) is 10.3. The number of phenolic OH excluding ortho intramolecular Hbond substituents is 1. The van der Waals surface area contributed by atoms with Crippen molar-refractivity contribution in [1.29, 1.82) is 0 Å². The number of fused-ring (bicyclic) bond motifs is 1. The van der Waals surface area contributed by atoms with Crippen molar-refractivity contribution in [3.05, 3.63) is 69.9 Å². The van der Waals surface area contributed by atoms with Gasteiger partial charge in [0, 0.05) is 34.8 Å². The zero-order valence-corrected chi connectivity index (χ0v) is 16.6. The molecule has 142 valence electrons. The van der Waals surface area contributed by atoms with Crippen LogP contribution in [0.1, 0.15) is 25.2 Å². The van der Waals surface area contributed by atoms with Gasteiger partial charge in [-0.05, 0) is 30.3 Å². The Kier molecular flexibility index (Phi) is 4.27. The number of esters is 2. The molecule has 0 bridgehead atoms. The Morgan fingerprint density at radius 3 is 2.36 bits per heavy atom. The first-order chi connectivity index (χ1) is 13.2. The van der Waals surface area contributed by atoms with E-state index in [-0.39, 0.29) is 22.7 Å². The van der Waals surface area contributed by atoms with Crippen molar-refractivity contribution in [2.75, 3.05) is 0 Å². The minimum atomic E-state index is -1.35. The van der Waals surface area contributed by atoms with E-state index < -0.39 is 17.7 Å². The van der Waals surface area contributed by atoms with Crippen molar-refractivity contribution in [1.82, 2.24) is 0 Å². The van der Waals surface area contributed by atoms with Crippen LogP contribution in [-0.2, 0) is 19.1 Å². The van der Waals surface area contributed by atoms with Crippen LogP contribution in [0.4, 0.5) is 0 Å². The van der Waals surface area contributed by atoms with Crippen molar-refractivity contribution >= 4 is 44.4 Å². The molecule has 1 aromatic heterocycles. The van der Waals surface area contributed by atoms with Crippen LogP contribution in [0.5, 0.6) is 5.75 Å². The molecular weight excluding hydrogens is 428 g/mol. The number of furan rings is 1. The average molecular weight is 443 g/mol. The van der Waals surface area contributed by atoms with E-state index in [1.165, 1.54) is 26.0 Å². The van der Waals surface area contributed by atoms with Crippen molar-refractivity contribution in [3.8, 4) is 5.75 Å². The summed E-state index contributed by atoms with van der Waals surface area (Å²) in [6.07, 6.45) is 0. The minimum Gasteiger partial charge on any atom is -0.508 e. The first-order valence-corrected chi connectivity index (χ1v) is 9.23. The van der Waals surface area contributed by atoms with Crippen molar-refractivity contribution in [3.63, 3.8) is 0 Å². The maximum absolute atomic E-state index is 12.7. The molecule has 28 heavy (non-hydrogen) atoms. The van der Waals surface area contributed by atoms with E-state index in [9.17, 15) is 14.7 Å². The zero-order chi connectivity index (χ0) is 20.1. The molecule has 6 nitrogen and oxygen atoms in total. The Morgan fingerprint density at radius 1 is 1.00 bits per heavy atom. The lowest BCUT2D eigenvalue weighted by atomic mass is 9.96. The molecule has 2 heterocycles. The van der Waals surface area contributed by atoms with Crippen LogP contribution in [0, 0.1) is 0 Å². The van der Waals surface area contributed by atoms with Gasteiger partial charge in [-0.15, -0.1) is 0 Å². The molecule has 3 aromatic rings. The SMILES string of the molecule is CC1(C)OC(=O)C(=C(c2cc3cc(O)ccc3o2)c2ccccc2Br)C(=O)O1. The van der Waals surface area contributed by atoms with Crippen LogP contribution in [0.25, 0.3) is 16.5 Å². The molecule has 0 amide bonds. The molecule has 0 unspecified atom stereocenters. The second kappa shape index (κ2) is 6.53. The first kappa shape index (κ1) is 18.3. The third kappa shape index (κ3) is 3.18. The molecule has 4 rings (SSSR count). The van der Waals surface area contributed by atoms with Crippen molar-refractivity contribution in [2.45, 2.75) is 19.6 Å². The summed E-state index contributed by atoms with van der Waals surface area (Å²) in [4.78, 5) is 25.4. The number of phenols is 1. The quantitative estimate of drug-likeness (QED) is 0.356. The molecule has 1 N–H and O–H groups in total. The summed E-state index contributed by atoms with van der Waals surface area (Å²) in [6.45, 7) is 2.98. The number of halogens is 1. The van der Waals surface area contributed by atoms with Gasteiger partial charge in [0.05, 0.1) is 0 Å². The van der Waals surface area contributed by atoms with Crippen LogP contribution >= 0.6 is 15.9 Å². The smallest absolute Gasteiger partial charge is 0.349 e. The Morgan fingerprint density at radius 2 is 1.68 bits per heavy atom. The van der Waals surface area contributed by atoms with Gasteiger partial charge < -0.3 is 19.0 Å². The van der Waals surface area contributed by atoms with Crippen LogP contribution in [0.15, 0.2) is 63.0 Å². The first-order valence-electron chi connectivity index (χ1n) is 8.44. The highest BCUT2D eigenvalue weighted by molar-refractivity contribution is 9.10. The van der Waals surface area contributed by atoms with Crippen LogP contribution in [-0.4, -0.2) is 22.8 Å². The van der Waals surface area contributed by atoms with E-state index in [1.807, 2.05) is 6.07 Å². The summed E-state index contributed by atoms with van der Waals surface area (Å²) in [7, 11) is 0. The summed E-state index contributed by atoms with van der Waals surface area (Å²) >= 11 is 3.46. The number of carbonyl (C=O) groups is 2. The predicted molar refractivity (Wildman–Crippen MR) is 104 cm³/mol. The van der Waals surface area contributed by atoms with E-state index in [0.29, 0.717) is 21.0 Å². The van der Waals surface area contributed by atoms with Gasteiger partial charge in [0.15, 0.2) is 5.57 Å². The third-order valence-electron chi connectivity index (χ3n) is 4.22. The molecule has 1 saturated heterocycles. The monoisotopic (exact) mass is 442 g/mol. The van der Waals surface area contributed by atoms with Gasteiger partial charge in [-0.3, -0.25) is 0 Å². The van der Waals surface area contributed by atoms with Crippen LogP contribution < -0.4 is 0 Å². The Hall–Kier alpha value is -3.06. The number of hydrogen-bond donors (Lipinski definition) is 1. The van der Waals surface area contributed by atoms with E-state index in [4.69, 9.17) is 13.9 Å². The van der Waals surface area contributed by atoms with Gasteiger partial charge in [0.2, 0.25) is 0 Å². The number of aromatic hydroxyl groups is 1. The van der Waals surface area contributed by atoms with Crippen molar-refractivity contribution in [2.24, 2.45) is 0 Å². The minimum absolute atomic E-state index is 0.0770. The Labute approximate surface area is 168 Å². The van der Waals surface area contributed by atoms with E-state index in [2.05, 4.69) is 15.9 Å². The van der Waals surface area contributed by atoms with Gasteiger partial charge in [0.25, 0.3) is 5.79 Å². The predicted octanol–water partition coefficient (Wildman–Crippen LogP) is 4.54. The second-order valence-electron chi connectivity index (χ2n) is 6.74. The number of ether oxygens (including phenoxy) is 2. The van der Waals surface area contributed by atoms with Gasteiger partial charge in [-0.1, -0.05) is 34.1 Å². The highest BCUT2D eigenvalue weighted by Crippen LogP contribution is 2.38. The number of rotatable bonds is 2. The molecule has 2 aromatic carbocycles. The summed E-state index contributed by atoms with van der Waals surface area (Å²) in [5.41, 5.74) is 1.05. The highest BCUT2D eigenvalue weighted by Gasteiger charge is 2.42. The second-order valence-corrected chi connectivity index (χ2v) is 7.60. The summed E-state index contributed by atoms with van der Waals surface area (Å²) < 4.78 is 17.1. The molecule has 0 spiro atoms. The number of benzene rings is 2. The lowest BCUT2D eigenvalue weighted by Gasteiger charge is -2.30. The highest BCUT2D eigenvalue weighted by atomic mass is 79.9. The third-order valence-corrected chi connectivity index (χ3v) is 4.92. The molecule has 0 saturated carbocycles. The molecule has 0 radical (unpaired) electrons. The average Bonchev–Trinajstić information content (AvgIpc) is 3.00. The zero-order valence-electron chi connectivity index (χ0n) is 15.0. The lowest BCUT2D eigenvalue weighted by molar-refractivity contribution is -0.222. The fourth-order valence-electron chi connectivity index (χ4n) is 3.07. The van der Waals surface area contributed by atoms with Crippen LogP contribution in [0.2, 0.25) is 0 Å². The molecule has 7 heteroatoms. The largest absolute Gasteiger partial charge is 0.508 e. The normalized spacial score (nSPS) is 16.0. The number of carbonyl (C=O) groups excluding carboxylic acids is 2. The fourth-order valence-corrected chi connectivity index (χ4v) is 3.55. The molecule has 0 aliphatic carbocycles. The van der Waals surface area contributed by atoms with E-state index >= 15 is 0 Å². The lowest BCUT2D eigenvalue weighted by Crippen LogP contribution is -2.42. The summed E-state index contributed by atoms with van der Waals surface area (Å²) in [5.74, 6) is -2.59. The van der Waals surface area contributed by atoms with Gasteiger partial charge in [-0.2, -0.15) is 0 Å². The molecule has 1 aliphatic heterocycles. The molecular formula is C21H15BrO6. The maximum Gasteiger partial charge on any atom is 0.349 e. The molecule has 1 aliphatic rings. The van der Waals surface area contributed by atoms with Crippen molar-refractivity contribution < 1.29 is 28.6 Å². The van der Waals surface area contributed by atoms with Gasteiger partial charge in [-0.25, -0.2) is 9.59 Å². The van der Waals surface area contributed by atoms with Crippen LogP contribution in [0.3, 0.4) is 0 Å². The topological polar surface area (TPSA) is 86.0 Å². The molecule has 0 atom stereocenters. The summed E-state index contributed by atoms with van der Waals surface area (Å²) in [6, 6.07) is 13.4. The standard InChI is InChI=1S/C21H15BrO6/c1-21(2)27-19(24)18(20(25)28-21)17(13-5-3-4-6-14(13)22)16-10-11-9-12(23)7-8-15(11)26-16/h3-10,23H,1-2H3. The number of hydrogen-bond acceptors (Lipinski definition) is 6. The maximum atomic E-state index is 12.7. The Bertz CT molecular complexity index is 1130. The Balaban J connectivity index is 2.01. The molecule has 1 fully saturated rings. The van der Waals surface area contributed by atoms with E-state index in [1.54, 1.807) is 30.3 Å².